The highest BCUT2D eigenvalue weighted by Crippen LogP contribution is 2.44. The minimum atomic E-state index is -0.815. The lowest BCUT2D eigenvalue weighted by Gasteiger charge is -2.26. The van der Waals surface area contributed by atoms with Gasteiger partial charge < -0.3 is 9.84 Å². The van der Waals surface area contributed by atoms with Crippen molar-refractivity contribution in [2.75, 3.05) is 12.0 Å². The average molecular weight is 436 g/mol. The summed E-state index contributed by atoms with van der Waals surface area (Å²) in [6, 6.07) is 22.7. The summed E-state index contributed by atoms with van der Waals surface area (Å²) in [5, 5.41) is 13.0. The molecule has 1 unspecified atom stereocenters. The quantitative estimate of drug-likeness (QED) is 0.281. The van der Waals surface area contributed by atoms with Crippen molar-refractivity contribution in [3.05, 3.63) is 108 Å². The molecular weight excluding hydrogens is 416 g/mol. The Labute approximate surface area is 190 Å². The summed E-state index contributed by atoms with van der Waals surface area (Å²) in [7, 11) is 1.52. The Morgan fingerprint density at radius 1 is 0.939 bits per heavy atom. The molecule has 6 heteroatoms. The topological polar surface area (TPSA) is 79.7 Å². The maximum absolute atomic E-state index is 13.4. The molecule has 33 heavy (non-hydrogen) atoms. The monoisotopic (exact) mass is 436 g/mol. The van der Waals surface area contributed by atoms with Gasteiger partial charge in [0.05, 0.1) is 24.4 Å². The number of amides is 1. The van der Waals surface area contributed by atoms with Crippen LogP contribution in [0.1, 0.15) is 17.2 Å². The highest BCUT2D eigenvalue weighted by Gasteiger charge is 2.47. The van der Waals surface area contributed by atoms with Gasteiger partial charge in [-0.1, -0.05) is 48.5 Å². The molecule has 0 aliphatic carbocycles. The highest BCUT2D eigenvalue weighted by molar-refractivity contribution is 6.52. The molecule has 0 radical (unpaired) electrons. The first-order valence-corrected chi connectivity index (χ1v) is 10.4. The molecule has 4 aromatic rings. The second-order valence-corrected chi connectivity index (χ2v) is 7.68. The molecule has 0 spiro atoms. The van der Waals surface area contributed by atoms with Crippen LogP contribution in [0.4, 0.5) is 5.69 Å². The summed E-state index contributed by atoms with van der Waals surface area (Å²) in [5.74, 6) is -1.16. The third kappa shape index (κ3) is 3.42. The molecule has 2 heterocycles. The van der Waals surface area contributed by atoms with E-state index in [9.17, 15) is 14.7 Å². The minimum Gasteiger partial charge on any atom is -0.507 e. The third-order valence-corrected chi connectivity index (χ3v) is 5.84. The number of ketones is 1. The maximum atomic E-state index is 13.4. The summed E-state index contributed by atoms with van der Waals surface area (Å²) in [5.41, 5.74) is 1.68. The number of ether oxygens (including phenoxy) is 1. The largest absolute Gasteiger partial charge is 0.507 e. The molecule has 1 fully saturated rings. The molecule has 1 aliphatic heterocycles. The van der Waals surface area contributed by atoms with E-state index in [-0.39, 0.29) is 11.3 Å². The summed E-state index contributed by atoms with van der Waals surface area (Å²) in [6.07, 6.45) is 3.20. The third-order valence-electron chi connectivity index (χ3n) is 5.84. The van der Waals surface area contributed by atoms with Crippen molar-refractivity contribution in [2.45, 2.75) is 6.04 Å². The van der Waals surface area contributed by atoms with E-state index >= 15 is 0 Å². The van der Waals surface area contributed by atoms with E-state index in [0.29, 0.717) is 22.6 Å². The first kappa shape index (κ1) is 20.5. The number of aliphatic hydroxyl groups is 1. The predicted octanol–water partition coefficient (Wildman–Crippen LogP) is 4.87. The summed E-state index contributed by atoms with van der Waals surface area (Å²) < 4.78 is 5.26. The van der Waals surface area contributed by atoms with Gasteiger partial charge in [0.15, 0.2) is 0 Å². The lowest BCUT2D eigenvalue weighted by Crippen LogP contribution is -2.29. The number of hydrogen-bond acceptors (Lipinski definition) is 5. The Balaban J connectivity index is 1.77. The number of fused-ring (bicyclic) bond motifs is 1. The Morgan fingerprint density at radius 3 is 2.45 bits per heavy atom. The predicted molar refractivity (Wildman–Crippen MR) is 126 cm³/mol. The Morgan fingerprint density at radius 2 is 1.67 bits per heavy atom. The van der Waals surface area contributed by atoms with Crippen LogP contribution < -0.4 is 9.64 Å². The van der Waals surface area contributed by atoms with E-state index in [1.54, 1.807) is 48.8 Å². The van der Waals surface area contributed by atoms with Gasteiger partial charge in [-0.25, -0.2) is 0 Å². The van der Waals surface area contributed by atoms with Gasteiger partial charge in [-0.05, 0) is 41.3 Å². The Kier molecular flexibility index (Phi) is 5.11. The van der Waals surface area contributed by atoms with Crippen LogP contribution in [0.2, 0.25) is 0 Å². The SMILES string of the molecule is COc1cccc(/C(O)=C2\C(=O)C(=O)N(c3cccc4ccccc34)C2c2ccncc2)c1. The minimum absolute atomic E-state index is 0.0207. The van der Waals surface area contributed by atoms with Gasteiger partial charge in [0, 0.05) is 23.3 Å². The van der Waals surface area contributed by atoms with Gasteiger partial charge in [0.1, 0.15) is 11.5 Å². The maximum Gasteiger partial charge on any atom is 0.300 e. The fourth-order valence-corrected chi connectivity index (χ4v) is 4.29. The molecular formula is C27H20N2O4. The van der Waals surface area contributed by atoms with E-state index in [4.69, 9.17) is 4.74 Å². The van der Waals surface area contributed by atoms with E-state index in [1.165, 1.54) is 12.0 Å². The van der Waals surface area contributed by atoms with E-state index in [0.717, 1.165) is 10.8 Å². The highest BCUT2D eigenvalue weighted by atomic mass is 16.5. The molecule has 1 N–H and O–H groups in total. The van der Waals surface area contributed by atoms with Crippen LogP contribution in [-0.2, 0) is 9.59 Å². The fourth-order valence-electron chi connectivity index (χ4n) is 4.29. The van der Waals surface area contributed by atoms with Crippen molar-refractivity contribution < 1.29 is 19.4 Å². The van der Waals surface area contributed by atoms with E-state index < -0.39 is 17.7 Å². The van der Waals surface area contributed by atoms with Crippen molar-refractivity contribution in [1.82, 2.24) is 4.98 Å². The number of rotatable bonds is 4. The summed E-state index contributed by atoms with van der Waals surface area (Å²) in [6.45, 7) is 0. The number of anilines is 1. The molecule has 1 atom stereocenters. The van der Waals surface area contributed by atoms with Gasteiger partial charge >= 0.3 is 0 Å². The molecule has 1 aliphatic rings. The van der Waals surface area contributed by atoms with Gasteiger partial charge in [-0.15, -0.1) is 0 Å². The Hall–Kier alpha value is -4.45. The first-order valence-electron chi connectivity index (χ1n) is 10.4. The zero-order chi connectivity index (χ0) is 22.9. The smallest absolute Gasteiger partial charge is 0.300 e. The number of aliphatic hydroxyl groups excluding tert-OH is 1. The number of Topliss-reactive ketones (excluding diaryl/α,β-unsaturated/α-hetero) is 1. The van der Waals surface area contributed by atoms with Crippen LogP contribution >= 0.6 is 0 Å². The van der Waals surface area contributed by atoms with Gasteiger partial charge in [0.25, 0.3) is 11.7 Å². The molecule has 0 bridgehead atoms. The van der Waals surface area contributed by atoms with Crippen molar-refractivity contribution in [1.29, 1.82) is 0 Å². The number of benzene rings is 3. The zero-order valence-corrected chi connectivity index (χ0v) is 17.8. The number of carbonyl (C=O) groups is 2. The number of hydrogen-bond donors (Lipinski definition) is 1. The number of pyridine rings is 1. The fraction of sp³-hybridized carbons (Fsp3) is 0.0741. The molecule has 5 rings (SSSR count). The second kappa shape index (κ2) is 8.24. The first-order chi connectivity index (χ1) is 16.1. The standard InChI is InChI=1S/C27H20N2O4/c1-33-20-9-4-8-19(16-20)25(30)23-24(18-12-14-28-15-13-18)29(27(32)26(23)31)22-11-5-7-17-6-2-3-10-21(17)22/h2-16,24,30H,1H3/b25-23+. The number of carbonyl (C=O) groups excluding carboxylic acids is 2. The lowest BCUT2D eigenvalue weighted by molar-refractivity contribution is -0.132. The van der Waals surface area contributed by atoms with E-state index in [1.807, 2.05) is 42.5 Å². The molecule has 1 aromatic heterocycles. The van der Waals surface area contributed by atoms with Crippen LogP contribution in [-0.4, -0.2) is 28.9 Å². The van der Waals surface area contributed by atoms with Crippen LogP contribution in [0, 0.1) is 0 Å². The van der Waals surface area contributed by atoms with Crippen molar-refractivity contribution in [3.63, 3.8) is 0 Å². The zero-order valence-electron chi connectivity index (χ0n) is 17.8. The number of aromatic nitrogens is 1. The molecule has 1 amide bonds. The second-order valence-electron chi connectivity index (χ2n) is 7.68. The number of methoxy groups -OCH3 is 1. The summed E-state index contributed by atoms with van der Waals surface area (Å²) >= 11 is 0. The van der Waals surface area contributed by atoms with Gasteiger partial charge in [-0.2, -0.15) is 0 Å². The van der Waals surface area contributed by atoms with Crippen molar-refractivity contribution >= 4 is 33.9 Å². The molecule has 162 valence electrons. The van der Waals surface area contributed by atoms with Crippen molar-refractivity contribution in [3.8, 4) is 5.75 Å². The summed E-state index contributed by atoms with van der Waals surface area (Å²) in [4.78, 5) is 32.2. The van der Waals surface area contributed by atoms with Crippen molar-refractivity contribution in [2.24, 2.45) is 0 Å². The van der Waals surface area contributed by atoms with Gasteiger partial charge in [-0.3, -0.25) is 19.5 Å². The van der Waals surface area contributed by atoms with Crippen LogP contribution in [0.25, 0.3) is 16.5 Å². The van der Waals surface area contributed by atoms with Crippen LogP contribution in [0.15, 0.2) is 96.8 Å². The molecule has 1 saturated heterocycles. The molecule has 6 nitrogen and oxygen atoms in total. The van der Waals surface area contributed by atoms with Crippen LogP contribution in [0.5, 0.6) is 5.75 Å². The molecule has 0 saturated carbocycles. The lowest BCUT2D eigenvalue weighted by atomic mass is 9.95. The van der Waals surface area contributed by atoms with E-state index in [2.05, 4.69) is 4.98 Å². The van der Waals surface area contributed by atoms with Crippen LogP contribution in [0.3, 0.4) is 0 Å². The Bertz CT molecular complexity index is 1410. The average Bonchev–Trinajstić information content (AvgIpc) is 3.14. The normalized spacial score (nSPS) is 17.5. The van der Waals surface area contributed by atoms with Gasteiger partial charge in [0.2, 0.25) is 0 Å². The number of nitrogens with zero attached hydrogens (tertiary/aromatic N) is 2. The molecule has 3 aromatic carbocycles.